The number of methoxy groups -OCH3 is 1. The van der Waals surface area contributed by atoms with Gasteiger partial charge in [0.05, 0.1) is 25.9 Å². The topological polar surface area (TPSA) is 84.9 Å². The maximum absolute atomic E-state index is 12.7. The molecule has 3 rings (SSSR count). The molecule has 1 fully saturated rings. The Balaban J connectivity index is 1.81. The number of amides is 1. The van der Waals surface area contributed by atoms with Crippen molar-refractivity contribution in [3.63, 3.8) is 0 Å². The minimum atomic E-state index is -5.59. The van der Waals surface area contributed by atoms with Crippen molar-refractivity contribution in [2.75, 3.05) is 18.4 Å². The van der Waals surface area contributed by atoms with Gasteiger partial charge in [0.2, 0.25) is 0 Å². The zero-order valence-corrected chi connectivity index (χ0v) is 16.9. The average molecular weight is 444 g/mol. The lowest BCUT2D eigenvalue weighted by atomic mass is 9.96. The molecule has 1 heterocycles. The fourth-order valence-electron chi connectivity index (χ4n) is 3.10. The van der Waals surface area contributed by atoms with Crippen molar-refractivity contribution in [2.45, 2.75) is 24.6 Å². The second-order valence-corrected chi connectivity index (χ2v) is 8.57. The van der Waals surface area contributed by atoms with Crippen LogP contribution in [0.2, 0.25) is 0 Å². The van der Waals surface area contributed by atoms with Gasteiger partial charge in [-0.25, -0.2) is 4.79 Å². The van der Waals surface area contributed by atoms with Gasteiger partial charge in [0.15, 0.2) is 5.60 Å². The molecule has 0 saturated carbocycles. The molecule has 1 aliphatic heterocycles. The lowest BCUT2D eigenvalue weighted by Gasteiger charge is -2.23. The van der Waals surface area contributed by atoms with Gasteiger partial charge in [-0.3, -0.25) is 9.62 Å². The molecule has 30 heavy (non-hydrogen) atoms. The van der Waals surface area contributed by atoms with Crippen molar-refractivity contribution < 1.29 is 35.9 Å². The third-order valence-electron chi connectivity index (χ3n) is 4.69. The Kier molecular flexibility index (Phi) is 5.59. The lowest BCUT2D eigenvalue weighted by molar-refractivity contribution is -0.0429. The highest BCUT2D eigenvalue weighted by Crippen LogP contribution is 2.35. The van der Waals surface area contributed by atoms with Crippen LogP contribution in [0, 0.1) is 0 Å². The van der Waals surface area contributed by atoms with Gasteiger partial charge in [0.25, 0.3) is 0 Å². The highest BCUT2D eigenvalue weighted by Gasteiger charge is 2.47. The van der Waals surface area contributed by atoms with E-state index < -0.39 is 27.2 Å². The molecule has 1 saturated heterocycles. The fraction of sp³-hybridized carbons (Fsp3) is 0.316. The van der Waals surface area contributed by atoms with Crippen molar-refractivity contribution in [1.82, 2.24) is 4.90 Å². The minimum Gasteiger partial charge on any atom is -0.497 e. The summed E-state index contributed by atoms with van der Waals surface area (Å²) in [5, 5.41) is 0. The summed E-state index contributed by atoms with van der Waals surface area (Å²) in [6, 6.07) is 12.5. The molecule has 2 aromatic rings. The molecule has 1 N–H and O–H groups in total. The number of carbonyl (C=O) groups is 1. The van der Waals surface area contributed by atoms with Gasteiger partial charge in [-0.05, 0) is 36.2 Å². The van der Waals surface area contributed by atoms with E-state index in [2.05, 4.69) is 0 Å². The standard InChI is InChI=1S/C19H19F3N2O5S/c1-18(14-7-9-15(28-2)10-8-14)12-24(17(25)29-18)11-13-5-3-4-6-16(13)23-30(26,27)19(20,21)22/h3-10,23H,11-12H2,1-2H3. The van der Waals surface area contributed by atoms with Crippen LogP contribution in [0.15, 0.2) is 48.5 Å². The number of sulfonamides is 1. The van der Waals surface area contributed by atoms with E-state index in [-0.39, 0.29) is 24.3 Å². The zero-order valence-electron chi connectivity index (χ0n) is 16.1. The molecular formula is C19H19F3N2O5S. The minimum absolute atomic E-state index is 0.124. The molecular weight excluding hydrogens is 425 g/mol. The first kappa shape index (κ1) is 21.8. The summed E-state index contributed by atoms with van der Waals surface area (Å²) in [5.74, 6) is 0.634. The average Bonchev–Trinajstić information content (AvgIpc) is 2.97. The molecule has 0 radical (unpaired) electrons. The van der Waals surface area contributed by atoms with E-state index >= 15 is 0 Å². The predicted molar refractivity (Wildman–Crippen MR) is 102 cm³/mol. The number of halogens is 3. The number of para-hydroxylation sites is 1. The molecule has 0 bridgehead atoms. The lowest BCUT2D eigenvalue weighted by Crippen LogP contribution is -2.31. The van der Waals surface area contributed by atoms with Gasteiger partial charge in [-0.2, -0.15) is 21.6 Å². The van der Waals surface area contributed by atoms with E-state index in [1.165, 1.54) is 41.0 Å². The van der Waals surface area contributed by atoms with Crippen LogP contribution < -0.4 is 9.46 Å². The fourth-order valence-corrected chi connectivity index (χ4v) is 3.70. The maximum Gasteiger partial charge on any atom is 0.516 e. The first-order chi connectivity index (χ1) is 13.9. The molecule has 0 aliphatic carbocycles. The van der Waals surface area contributed by atoms with Crippen LogP contribution in [-0.2, 0) is 26.9 Å². The van der Waals surface area contributed by atoms with E-state index in [4.69, 9.17) is 9.47 Å². The summed E-state index contributed by atoms with van der Waals surface area (Å²) >= 11 is 0. The van der Waals surface area contributed by atoms with Crippen molar-refractivity contribution in [2.24, 2.45) is 0 Å². The van der Waals surface area contributed by atoms with E-state index in [0.717, 1.165) is 0 Å². The van der Waals surface area contributed by atoms with Crippen molar-refractivity contribution in [3.8, 4) is 5.75 Å². The Morgan fingerprint density at radius 2 is 1.80 bits per heavy atom. The van der Waals surface area contributed by atoms with Crippen LogP contribution in [0.4, 0.5) is 23.7 Å². The highest BCUT2D eigenvalue weighted by molar-refractivity contribution is 7.93. The van der Waals surface area contributed by atoms with Crippen molar-refractivity contribution >= 4 is 21.8 Å². The molecule has 2 aromatic carbocycles. The van der Waals surface area contributed by atoms with E-state index in [9.17, 15) is 26.4 Å². The number of alkyl halides is 3. The monoisotopic (exact) mass is 444 g/mol. The highest BCUT2D eigenvalue weighted by atomic mass is 32.2. The molecule has 1 atom stereocenters. The summed E-state index contributed by atoms with van der Waals surface area (Å²) in [6.07, 6.45) is -0.665. The number of carbonyl (C=O) groups excluding carboxylic acids is 1. The van der Waals surface area contributed by atoms with E-state index in [1.807, 2.05) is 0 Å². The predicted octanol–water partition coefficient (Wildman–Crippen LogP) is 3.82. The Labute approximate surface area is 171 Å². The number of rotatable bonds is 6. The summed E-state index contributed by atoms with van der Waals surface area (Å²) in [6.45, 7) is 1.70. The van der Waals surface area contributed by atoms with Gasteiger partial charge in [0, 0.05) is 0 Å². The number of hydrogen-bond donors (Lipinski definition) is 1. The summed E-state index contributed by atoms with van der Waals surface area (Å²) in [7, 11) is -4.06. The largest absolute Gasteiger partial charge is 0.516 e. The molecule has 11 heteroatoms. The van der Waals surface area contributed by atoms with Crippen LogP contribution >= 0.6 is 0 Å². The molecule has 7 nitrogen and oxygen atoms in total. The first-order valence-electron chi connectivity index (χ1n) is 8.75. The molecule has 0 aromatic heterocycles. The SMILES string of the molecule is COc1ccc(C2(C)CN(Cc3ccccc3NS(=O)(=O)C(F)(F)F)C(=O)O2)cc1. The van der Waals surface area contributed by atoms with Gasteiger partial charge in [0.1, 0.15) is 5.75 Å². The third kappa shape index (κ3) is 4.30. The Morgan fingerprint density at radius 1 is 1.17 bits per heavy atom. The number of anilines is 1. The smallest absolute Gasteiger partial charge is 0.497 e. The zero-order chi connectivity index (χ0) is 22.2. The number of cyclic esters (lactones) is 1. The van der Waals surface area contributed by atoms with Crippen molar-refractivity contribution in [1.29, 1.82) is 0 Å². The molecule has 1 amide bonds. The van der Waals surface area contributed by atoms with Gasteiger partial charge in [-0.1, -0.05) is 30.3 Å². The van der Waals surface area contributed by atoms with Crippen LogP contribution in [0.25, 0.3) is 0 Å². The first-order valence-corrected chi connectivity index (χ1v) is 10.2. The second-order valence-electron chi connectivity index (χ2n) is 6.89. The number of benzene rings is 2. The van der Waals surface area contributed by atoms with Crippen LogP contribution in [0.5, 0.6) is 5.75 Å². The quantitative estimate of drug-likeness (QED) is 0.732. The normalized spacial score (nSPS) is 19.5. The number of hydrogen-bond acceptors (Lipinski definition) is 5. The molecule has 0 spiro atoms. The van der Waals surface area contributed by atoms with Crippen LogP contribution in [0.3, 0.4) is 0 Å². The van der Waals surface area contributed by atoms with E-state index in [1.54, 1.807) is 31.2 Å². The number of nitrogens with one attached hydrogen (secondary N) is 1. The second kappa shape index (κ2) is 7.71. The van der Waals surface area contributed by atoms with Gasteiger partial charge < -0.3 is 9.47 Å². The van der Waals surface area contributed by atoms with Crippen LogP contribution in [0.1, 0.15) is 18.1 Å². The Hall–Kier alpha value is -2.95. The Bertz CT molecular complexity index is 1040. The van der Waals surface area contributed by atoms with Gasteiger partial charge >= 0.3 is 21.6 Å². The summed E-state index contributed by atoms with van der Waals surface area (Å²) in [4.78, 5) is 13.7. The maximum atomic E-state index is 12.7. The molecule has 1 unspecified atom stereocenters. The molecule has 162 valence electrons. The number of nitrogens with zero attached hydrogens (tertiary/aromatic N) is 1. The third-order valence-corrected chi connectivity index (χ3v) is 5.79. The summed E-state index contributed by atoms with van der Waals surface area (Å²) < 4.78 is 73.2. The van der Waals surface area contributed by atoms with Gasteiger partial charge in [-0.15, -0.1) is 0 Å². The van der Waals surface area contributed by atoms with Crippen molar-refractivity contribution in [3.05, 3.63) is 59.7 Å². The molecule has 1 aliphatic rings. The van der Waals surface area contributed by atoms with Crippen LogP contribution in [-0.4, -0.2) is 38.6 Å². The summed E-state index contributed by atoms with van der Waals surface area (Å²) in [5.41, 5.74) is -5.80. The van der Waals surface area contributed by atoms with E-state index in [0.29, 0.717) is 11.3 Å². The number of ether oxygens (including phenoxy) is 2. The Morgan fingerprint density at radius 3 is 2.40 bits per heavy atom.